The normalized spacial score (nSPS) is 10.7. The van der Waals surface area contributed by atoms with Crippen LogP contribution in [0.4, 0.5) is 17.1 Å². The molecular weight excluding hydrogens is 282 g/mol. The van der Waals surface area contributed by atoms with Crippen LogP contribution >= 0.6 is 0 Å². The minimum absolute atomic E-state index is 0.00488. The zero-order chi connectivity index (χ0) is 16.1. The molecule has 0 fully saturated rings. The molecule has 0 spiro atoms. The molecule has 1 aromatic carbocycles. The summed E-state index contributed by atoms with van der Waals surface area (Å²) in [4.78, 5) is 3.87. The number of nitrogens with two attached hydrogens (primary N) is 1. The van der Waals surface area contributed by atoms with Gasteiger partial charge < -0.3 is 30.2 Å². The molecule has 0 atom stereocenters. The van der Waals surface area contributed by atoms with Crippen LogP contribution in [-0.4, -0.2) is 50.6 Å². The number of aliphatic hydroxyl groups is 2. The summed E-state index contributed by atoms with van der Waals surface area (Å²) >= 11 is 0. The lowest BCUT2D eigenvalue weighted by molar-refractivity contribution is 0.281. The molecule has 1 heterocycles. The highest BCUT2D eigenvalue weighted by atomic mass is 16.3. The first-order valence-corrected chi connectivity index (χ1v) is 7.19. The number of rotatable bonds is 7. The van der Waals surface area contributed by atoms with Gasteiger partial charge in [-0.1, -0.05) is 0 Å². The number of nitrogens with zero attached hydrogens (tertiary/aromatic N) is 2. The van der Waals surface area contributed by atoms with Gasteiger partial charge in [-0.25, -0.2) is 0 Å². The first-order chi connectivity index (χ1) is 10.6. The smallest absolute Gasteiger partial charge is 0.138 e. The van der Waals surface area contributed by atoms with E-state index in [1.54, 1.807) is 12.3 Å². The van der Waals surface area contributed by atoms with Gasteiger partial charge in [0, 0.05) is 50.2 Å². The molecule has 6 heteroatoms. The molecule has 0 aliphatic heterocycles. The maximum atomic E-state index is 9.24. The lowest BCUT2D eigenvalue weighted by Crippen LogP contribution is -2.30. The zero-order valence-electron chi connectivity index (χ0n) is 13.0. The van der Waals surface area contributed by atoms with E-state index in [1.807, 2.05) is 42.1 Å². The average molecular weight is 305 g/mol. The highest BCUT2D eigenvalue weighted by Crippen LogP contribution is 2.35. The number of furan rings is 1. The molecule has 22 heavy (non-hydrogen) atoms. The molecule has 0 saturated heterocycles. The van der Waals surface area contributed by atoms with Crippen molar-refractivity contribution < 1.29 is 14.6 Å². The van der Waals surface area contributed by atoms with Crippen molar-refractivity contribution in [1.29, 1.82) is 0 Å². The molecule has 2 rings (SSSR count). The summed E-state index contributed by atoms with van der Waals surface area (Å²) in [5, 5.41) is 18.5. The van der Waals surface area contributed by atoms with Crippen molar-refractivity contribution >= 4 is 17.1 Å². The van der Waals surface area contributed by atoms with Crippen molar-refractivity contribution in [2.45, 2.75) is 0 Å². The van der Waals surface area contributed by atoms with Crippen molar-refractivity contribution in [3.63, 3.8) is 0 Å². The maximum absolute atomic E-state index is 9.24. The van der Waals surface area contributed by atoms with Crippen LogP contribution in [0.15, 0.2) is 34.9 Å². The first-order valence-electron chi connectivity index (χ1n) is 7.19. The SMILES string of the molecule is CN(C)c1coc(-c2cc(N)ccc2N(CCO)CCO)c1. The summed E-state index contributed by atoms with van der Waals surface area (Å²) in [6.07, 6.45) is 1.69. The van der Waals surface area contributed by atoms with Crippen LogP contribution in [0.1, 0.15) is 0 Å². The molecule has 0 bridgehead atoms. The van der Waals surface area contributed by atoms with Gasteiger partial charge in [0.15, 0.2) is 0 Å². The molecule has 0 aliphatic rings. The van der Waals surface area contributed by atoms with Crippen molar-refractivity contribution in [2.75, 3.05) is 55.9 Å². The van der Waals surface area contributed by atoms with Crippen LogP contribution in [0.5, 0.6) is 0 Å². The average Bonchev–Trinajstić information content (AvgIpc) is 2.97. The number of aliphatic hydroxyl groups excluding tert-OH is 2. The molecular formula is C16H23N3O3. The fourth-order valence-corrected chi connectivity index (χ4v) is 2.32. The summed E-state index contributed by atoms with van der Waals surface area (Å²) in [6, 6.07) is 7.47. The Bertz CT molecular complexity index is 604. The third kappa shape index (κ3) is 3.52. The molecule has 0 aliphatic carbocycles. The summed E-state index contributed by atoms with van der Waals surface area (Å²) in [7, 11) is 3.89. The number of hydrogen-bond acceptors (Lipinski definition) is 6. The van der Waals surface area contributed by atoms with Crippen molar-refractivity contribution in [2.24, 2.45) is 0 Å². The first kappa shape index (κ1) is 16.2. The standard InChI is InChI=1S/C16H23N3O3/c1-18(2)13-10-16(22-11-13)14-9-12(17)3-4-15(14)19(5-7-20)6-8-21/h3-4,9-11,20-21H,5-8,17H2,1-2H3. The third-order valence-corrected chi connectivity index (χ3v) is 3.47. The van der Waals surface area contributed by atoms with Crippen LogP contribution < -0.4 is 15.5 Å². The largest absolute Gasteiger partial charge is 0.462 e. The molecule has 0 unspecified atom stereocenters. The lowest BCUT2D eigenvalue weighted by Gasteiger charge is -2.25. The van der Waals surface area contributed by atoms with Crippen molar-refractivity contribution in [3.8, 4) is 11.3 Å². The third-order valence-electron chi connectivity index (χ3n) is 3.47. The van der Waals surface area contributed by atoms with E-state index in [0.717, 1.165) is 16.9 Å². The van der Waals surface area contributed by atoms with Gasteiger partial charge in [0.05, 0.1) is 18.9 Å². The van der Waals surface area contributed by atoms with E-state index in [0.29, 0.717) is 24.5 Å². The highest BCUT2D eigenvalue weighted by Gasteiger charge is 2.16. The Morgan fingerprint density at radius 1 is 1.09 bits per heavy atom. The number of anilines is 3. The Kier molecular flexibility index (Phi) is 5.30. The minimum Gasteiger partial charge on any atom is -0.462 e. The monoisotopic (exact) mass is 305 g/mol. The fourth-order valence-electron chi connectivity index (χ4n) is 2.32. The molecule has 1 aromatic heterocycles. The van der Waals surface area contributed by atoms with Crippen LogP contribution in [0.25, 0.3) is 11.3 Å². The highest BCUT2D eigenvalue weighted by molar-refractivity contribution is 5.80. The second-order valence-electron chi connectivity index (χ2n) is 5.27. The second-order valence-corrected chi connectivity index (χ2v) is 5.27. The van der Waals surface area contributed by atoms with Gasteiger partial charge in [0.25, 0.3) is 0 Å². The topological polar surface area (TPSA) is 86.1 Å². The predicted molar refractivity (Wildman–Crippen MR) is 89.3 cm³/mol. The van der Waals surface area contributed by atoms with E-state index in [9.17, 15) is 10.2 Å². The Hall–Kier alpha value is -2.18. The Balaban J connectivity index is 2.46. The van der Waals surface area contributed by atoms with E-state index in [-0.39, 0.29) is 13.2 Å². The molecule has 0 saturated carbocycles. The Morgan fingerprint density at radius 2 is 1.77 bits per heavy atom. The zero-order valence-corrected chi connectivity index (χ0v) is 13.0. The van der Waals surface area contributed by atoms with Gasteiger partial charge in [-0.05, 0) is 18.2 Å². The van der Waals surface area contributed by atoms with Crippen LogP contribution in [0, 0.1) is 0 Å². The van der Waals surface area contributed by atoms with Gasteiger partial charge in [-0.2, -0.15) is 0 Å². The molecule has 4 N–H and O–H groups in total. The van der Waals surface area contributed by atoms with E-state index >= 15 is 0 Å². The van der Waals surface area contributed by atoms with E-state index in [4.69, 9.17) is 10.2 Å². The summed E-state index contributed by atoms with van der Waals surface area (Å²) in [5.41, 5.74) is 9.22. The summed E-state index contributed by atoms with van der Waals surface area (Å²) in [6.45, 7) is 0.868. The number of benzene rings is 1. The second kappa shape index (κ2) is 7.20. The number of hydrogen-bond donors (Lipinski definition) is 3. The van der Waals surface area contributed by atoms with Gasteiger partial charge >= 0.3 is 0 Å². The fraction of sp³-hybridized carbons (Fsp3) is 0.375. The molecule has 6 nitrogen and oxygen atoms in total. The maximum Gasteiger partial charge on any atom is 0.138 e. The Morgan fingerprint density at radius 3 is 2.32 bits per heavy atom. The lowest BCUT2D eigenvalue weighted by atomic mass is 10.1. The van der Waals surface area contributed by atoms with E-state index in [2.05, 4.69) is 0 Å². The van der Waals surface area contributed by atoms with Crippen LogP contribution in [-0.2, 0) is 0 Å². The van der Waals surface area contributed by atoms with Crippen molar-refractivity contribution in [3.05, 3.63) is 30.5 Å². The van der Waals surface area contributed by atoms with Gasteiger partial charge in [-0.3, -0.25) is 0 Å². The van der Waals surface area contributed by atoms with Crippen molar-refractivity contribution in [1.82, 2.24) is 0 Å². The predicted octanol–water partition coefficient (Wildman–Crippen LogP) is 1.39. The molecule has 120 valence electrons. The molecule has 2 aromatic rings. The summed E-state index contributed by atoms with van der Waals surface area (Å²) in [5.74, 6) is 0.701. The van der Waals surface area contributed by atoms with E-state index in [1.165, 1.54) is 0 Å². The number of nitrogen functional groups attached to an aromatic ring is 1. The van der Waals surface area contributed by atoms with E-state index < -0.39 is 0 Å². The Labute approximate surface area is 130 Å². The van der Waals surface area contributed by atoms with Gasteiger partial charge in [-0.15, -0.1) is 0 Å². The van der Waals surface area contributed by atoms with Gasteiger partial charge in [0.2, 0.25) is 0 Å². The van der Waals surface area contributed by atoms with Crippen LogP contribution in [0.2, 0.25) is 0 Å². The van der Waals surface area contributed by atoms with Crippen LogP contribution in [0.3, 0.4) is 0 Å². The molecule has 0 radical (unpaired) electrons. The summed E-state index contributed by atoms with van der Waals surface area (Å²) < 4.78 is 5.67. The quantitative estimate of drug-likeness (QED) is 0.670. The molecule has 0 amide bonds. The minimum atomic E-state index is 0.00488. The van der Waals surface area contributed by atoms with Gasteiger partial charge in [0.1, 0.15) is 12.0 Å².